The first-order chi connectivity index (χ1) is 9.04. The van der Waals surface area contributed by atoms with Crippen LogP contribution in [0.25, 0.3) is 11.1 Å². The van der Waals surface area contributed by atoms with Gasteiger partial charge in [-0.15, -0.1) is 0 Å². The summed E-state index contributed by atoms with van der Waals surface area (Å²) in [6.07, 6.45) is 3.35. The number of aromatic nitrogens is 1. The molecule has 0 saturated carbocycles. The number of halogens is 2. The number of hydrogen-bond donors (Lipinski definition) is 1. The Morgan fingerprint density at radius 3 is 2.32 bits per heavy atom. The zero-order chi connectivity index (χ0) is 13.8. The van der Waals surface area contributed by atoms with Crippen LogP contribution in [0.15, 0.2) is 36.7 Å². The Labute approximate surface area is 111 Å². The third kappa shape index (κ3) is 3.83. The maximum atomic E-state index is 13.2. The van der Waals surface area contributed by atoms with Gasteiger partial charge in [0.25, 0.3) is 0 Å². The van der Waals surface area contributed by atoms with E-state index in [1.54, 1.807) is 12.4 Å². The molecule has 19 heavy (non-hydrogen) atoms. The Morgan fingerprint density at radius 1 is 1.00 bits per heavy atom. The van der Waals surface area contributed by atoms with Crippen molar-refractivity contribution in [1.82, 2.24) is 10.3 Å². The minimum absolute atomic E-state index is 0.371. The second kappa shape index (κ2) is 5.89. The third-order valence-corrected chi connectivity index (χ3v) is 2.71. The first kappa shape index (κ1) is 13.6. The largest absolute Gasteiger partial charge is 0.310 e. The molecule has 0 atom stereocenters. The van der Waals surface area contributed by atoms with Crippen molar-refractivity contribution < 1.29 is 8.78 Å². The molecule has 0 fully saturated rings. The van der Waals surface area contributed by atoms with E-state index in [0.717, 1.165) is 11.6 Å². The van der Waals surface area contributed by atoms with Crippen molar-refractivity contribution in [2.75, 3.05) is 0 Å². The van der Waals surface area contributed by atoms with Crippen molar-refractivity contribution in [3.63, 3.8) is 0 Å². The Kier molecular flexibility index (Phi) is 4.22. The molecule has 0 spiro atoms. The lowest BCUT2D eigenvalue weighted by Gasteiger charge is -2.09. The molecular formula is C15H16F2N2. The smallest absolute Gasteiger partial charge is 0.126 e. The summed E-state index contributed by atoms with van der Waals surface area (Å²) in [5.41, 5.74) is 2.19. The van der Waals surface area contributed by atoms with Crippen LogP contribution in [0.5, 0.6) is 0 Å². The van der Waals surface area contributed by atoms with Crippen molar-refractivity contribution in [3.05, 3.63) is 53.9 Å². The molecule has 0 aliphatic carbocycles. The van der Waals surface area contributed by atoms with Gasteiger partial charge in [0.1, 0.15) is 11.6 Å². The lowest BCUT2D eigenvalue weighted by molar-refractivity contribution is 0.584. The molecule has 2 aromatic rings. The highest BCUT2D eigenvalue weighted by Gasteiger charge is 2.05. The lowest BCUT2D eigenvalue weighted by atomic mass is 10.1. The van der Waals surface area contributed by atoms with E-state index in [4.69, 9.17) is 0 Å². The van der Waals surface area contributed by atoms with E-state index >= 15 is 0 Å². The maximum Gasteiger partial charge on any atom is 0.126 e. The second-order valence-corrected chi connectivity index (χ2v) is 4.78. The van der Waals surface area contributed by atoms with E-state index < -0.39 is 11.6 Å². The number of pyridine rings is 1. The zero-order valence-corrected chi connectivity index (χ0v) is 11.0. The number of benzene rings is 1. The molecule has 4 heteroatoms. The average Bonchev–Trinajstić information content (AvgIpc) is 2.35. The maximum absolute atomic E-state index is 13.2. The molecule has 1 aromatic heterocycles. The highest BCUT2D eigenvalue weighted by atomic mass is 19.1. The summed E-state index contributed by atoms with van der Waals surface area (Å²) in [6.45, 7) is 4.79. The second-order valence-electron chi connectivity index (χ2n) is 4.78. The quantitative estimate of drug-likeness (QED) is 0.911. The molecular weight excluding hydrogens is 246 g/mol. The molecule has 0 bridgehead atoms. The molecule has 0 saturated heterocycles. The van der Waals surface area contributed by atoms with Gasteiger partial charge in [0.15, 0.2) is 0 Å². The van der Waals surface area contributed by atoms with Crippen molar-refractivity contribution in [2.45, 2.75) is 26.4 Å². The molecule has 0 radical (unpaired) electrons. The van der Waals surface area contributed by atoms with Crippen molar-refractivity contribution >= 4 is 0 Å². The molecule has 1 heterocycles. The summed E-state index contributed by atoms with van der Waals surface area (Å²) < 4.78 is 26.4. The van der Waals surface area contributed by atoms with Crippen molar-refractivity contribution in [2.24, 2.45) is 0 Å². The predicted octanol–water partition coefficient (Wildman–Crippen LogP) is 3.52. The molecule has 0 aliphatic heterocycles. The van der Waals surface area contributed by atoms with Crippen LogP contribution in [0.1, 0.15) is 19.4 Å². The van der Waals surface area contributed by atoms with E-state index in [0.29, 0.717) is 23.7 Å². The van der Waals surface area contributed by atoms with Crippen LogP contribution >= 0.6 is 0 Å². The van der Waals surface area contributed by atoms with Crippen molar-refractivity contribution in [3.8, 4) is 11.1 Å². The minimum Gasteiger partial charge on any atom is -0.310 e. The lowest BCUT2D eigenvalue weighted by Crippen LogP contribution is -2.21. The van der Waals surface area contributed by atoms with E-state index in [1.807, 2.05) is 6.07 Å². The molecule has 2 rings (SSSR count). The average molecular weight is 262 g/mol. The van der Waals surface area contributed by atoms with Gasteiger partial charge in [0.05, 0.1) is 0 Å². The summed E-state index contributed by atoms with van der Waals surface area (Å²) >= 11 is 0. The number of nitrogens with zero attached hydrogens (tertiary/aromatic N) is 1. The van der Waals surface area contributed by atoms with Gasteiger partial charge in [-0.3, -0.25) is 4.98 Å². The Balaban J connectivity index is 2.27. The monoisotopic (exact) mass is 262 g/mol. The van der Waals surface area contributed by atoms with Crippen LogP contribution < -0.4 is 5.32 Å². The first-order valence-electron chi connectivity index (χ1n) is 6.18. The molecule has 1 N–H and O–H groups in total. The van der Waals surface area contributed by atoms with Gasteiger partial charge in [0, 0.05) is 36.6 Å². The van der Waals surface area contributed by atoms with E-state index in [2.05, 4.69) is 24.1 Å². The van der Waals surface area contributed by atoms with Gasteiger partial charge >= 0.3 is 0 Å². The highest BCUT2D eigenvalue weighted by molar-refractivity contribution is 5.63. The summed E-state index contributed by atoms with van der Waals surface area (Å²) in [7, 11) is 0. The van der Waals surface area contributed by atoms with Gasteiger partial charge < -0.3 is 5.32 Å². The standard InChI is InChI=1S/C15H16F2N2/c1-10(2)19-8-11-3-13(9-18-7-11)12-4-14(16)6-15(17)5-12/h3-7,9-10,19H,8H2,1-2H3. The van der Waals surface area contributed by atoms with E-state index in [-0.39, 0.29) is 0 Å². The Bertz CT molecular complexity index is 548. The molecule has 0 amide bonds. The van der Waals surface area contributed by atoms with Gasteiger partial charge in [-0.25, -0.2) is 8.78 Å². The highest BCUT2D eigenvalue weighted by Crippen LogP contribution is 2.21. The molecule has 100 valence electrons. The Hall–Kier alpha value is -1.81. The van der Waals surface area contributed by atoms with Crippen LogP contribution in [-0.4, -0.2) is 11.0 Å². The number of nitrogens with one attached hydrogen (secondary N) is 1. The fourth-order valence-electron chi connectivity index (χ4n) is 1.78. The summed E-state index contributed by atoms with van der Waals surface area (Å²) in [4.78, 5) is 4.11. The molecule has 1 aromatic carbocycles. The molecule has 0 unspecified atom stereocenters. The summed E-state index contributed by atoms with van der Waals surface area (Å²) in [5, 5.41) is 3.28. The number of hydrogen-bond acceptors (Lipinski definition) is 2. The van der Waals surface area contributed by atoms with Crippen LogP contribution in [0.3, 0.4) is 0 Å². The van der Waals surface area contributed by atoms with Gasteiger partial charge in [-0.1, -0.05) is 13.8 Å². The fourth-order valence-corrected chi connectivity index (χ4v) is 1.78. The van der Waals surface area contributed by atoms with Crippen LogP contribution in [0, 0.1) is 11.6 Å². The topological polar surface area (TPSA) is 24.9 Å². The van der Waals surface area contributed by atoms with Gasteiger partial charge in [0.2, 0.25) is 0 Å². The summed E-state index contributed by atoms with van der Waals surface area (Å²) in [6, 6.07) is 5.73. The summed E-state index contributed by atoms with van der Waals surface area (Å²) in [5.74, 6) is -1.17. The van der Waals surface area contributed by atoms with Gasteiger partial charge in [-0.05, 0) is 29.3 Å². The molecule has 0 aliphatic rings. The van der Waals surface area contributed by atoms with Crippen molar-refractivity contribution in [1.29, 1.82) is 0 Å². The minimum atomic E-state index is -0.583. The van der Waals surface area contributed by atoms with Crippen LogP contribution in [0.2, 0.25) is 0 Å². The zero-order valence-electron chi connectivity index (χ0n) is 11.0. The van der Waals surface area contributed by atoms with Crippen LogP contribution in [0.4, 0.5) is 8.78 Å². The fraction of sp³-hybridized carbons (Fsp3) is 0.267. The van der Waals surface area contributed by atoms with E-state index in [1.165, 1.54) is 12.1 Å². The first-order valence-corrected chi connectivity index (χ1v) is 6.18. The third-order valence-electron chi connectivity index (χ3n) is 2.71. The normalized spacial score (nSPS) is 11.0. The number of rotatable bonds is 4. The Morgan fingerprint density at radius 2 is 1.68 bits per heavy atom. The van der Waals surface area contributed by atoms with Gasteiger partial charge in [-0.2, -0.15) is 0 Å². The predicted molar refractivity (Wildman–Crippen MR) is 71.6 cm³/mol. The SMILES string of the molecule is CC(C)NCc1cncc(-c2cc(F)cc(F)c2)c1. The van der Waals surface area contributed by atoms with Crippen LogP contribution in [-0.2, 0) is 6.54 Å². The molecule has 2 nitrogen and oxygen atoms in total. The van der Waals surface area contributed by atoms with E-state index in [9.17, 15) is 8.78 Å².